The third-order valence-electron chi connectivity index (χ3n) is 9.58. The first-order valence-corrected chi connectivity index (χ1v) is 21.9. The van der Waals surface area contributed by atoms with Crippen LogP contribution in [0.1, 0.15) is 55.6 Å². The van der Waals surface area contributed by atoms with Crippen LogP contribution in [0.15, 0.2) is 102 Å². The number of ether oxygens (including phenoxy) is 4. The van der Waals surface area contributed by atoms with Crippen molar-refractivity contribution in [2.75, 3.05) is 44.8 Å². The molecule has 0 aliphatic carbocycles. The Balaban J connectivity index is 0.000000412. The Hall–Kier alpha value is -5.55. The van der Waals surface area contributed by atoms with E-state index in [0.717, 1.165) is 48.7 Å². The number of anilines is 1. The van der Waals surface area contributed by atoms with Gasteiger partial charge in [-0.2, -0.15) is 13.2 Å². The predicted molar refractivity (Wildman–Crippen MR) is 252 cm³/mol. The minimum atomic E-state index is -4.84. The van der Waals surface area contributed by atoms with Crippen molar-refractivity contribution in [1.29, 1.82) is 0 Å². The SMILES string of the molecule is C=CCN(CC=C)C(=O)C(Cl)Cl.CCc1ccc(COc2ccc(-n3c(=O)cc(C(F)(F)F)n(C)c3=O)cc2)c(OC(C)C(=O)OC)c1.CCc1cccc(CC)c1N(COC)C(=O)CCl. The van der Waals surface area contributed by atoms with Gasteiger partial charge in [-0.25, -0.2) is 14.2 Å². The molecule has 0 saturated carbocycles. The van der Waals surface area contributed by atoms with Crippen LogP contribution in [-0.4, -0.2) is 82.7 Å². The zero-order valence-corrected chi connectivity index (χ0v) is 40.2. The van der Waals surface area contributed by atoms with Crippen molar-refractivity contribution in [3.05, 3.63) is 141 Å². The molecule has 1 unspecified atom stereocenters. The van der Waals surface area contributed by atoms with E-state index >= 15 is 0 Å². The van der Waals surface area contributed by atoms with Gasteiger partial charge in [0.25, 0.3) is 11.5 Å². The van der Waals surface area contributed by atoms with E-state index in [1.54, 1.807) is 31.1 Å². The number of rotatable bonds is 19. The number of carbonyl (C=O) groups is 3. The van der Waals surface area contributed by atoms with Gasteiger partial charge in [-0.15, -0.1) is 24.8 Å². The highest BCUT2D eigenvalue weighted by Gasteiger charge is 2.35. The maximum atomic E-state index is 13.1. The summed E-state index contributed by atoms with van der Waals surface area (Å²) in [7, 11) is 3.80. The molecule has 0 radical (unpaired) electrons. The van der Waals surface area contributed by atoms with Crippen LogP contribution < -0.4 is 25.6 Å². The Morgan fingerprint density at radius 2 is 1.45 bits per heavy atom. The lowest BCUT2D eigenvalue weighted by Crippen LogP contribution is -2.40. The van der Waals surface area contributed by atoms with Crippen LogP contribution in [-0.2, 0) is 63.0 Å². The molecule has 4 rings (SSSR count). The molecule has 1 aromatic heterocycles. The Morgan fingerprint density at radius 3 is 1.92 bits per heavy atom. The number of methoxy groups -OCH3 is 2. The summed E-state index contributed by atoms with van der Waals surface area (Å²) in [6.07, 6.45) is 0.0578. The highest BCUT2D eigenvalue weighted by atomic mass is 35.5. The van der Waals surface area contributed by atoms with Gasteiger partial charge in [-0.05, 0) is 73.2 Å². The molecule has 13 nitrogen and oxygen atoms in total. The molecule has 0 bridgehead atoms. The van der Waals surface area contributed by atoms with Crippen molar-refractivity contribution in [2.45, 2.75) is 70.7 Å². The van der Waals surface area contributed by atoms with Crippen LogP contribution in [0.5, 0.6) is 11.5 Å². The van der Waals surface area contributed by atoms with Gasteiger partial charge in [0.1, 0.15) is 36.4 Å². The van der Waals surface area contributed by atoms with Crippen molar-refractivity contribution in [3.63, 3.8) is 0 Å². The molecule has 0 saturated heterocycles. The van der Waals surface area contributed by atoms with E-state index in [2.05, 4.69) is 27.0 Å². The molecule has 66 heavy (non-hydrogen) atoms. The van der Waals surface area contributed by atoms with Crippen molar-refractivity contribution in [1.82, 2.24) is 14.0 Å². The number of esters is 1. The second-order valence-electron chi connectivity index (χ2n) is 14.0. The summed E-state index contributed by atoms with van der Waals surface area (Å²) >= 11 is 16.5. The van der Waals surface area contributed by atoms with E-state index in [9.17, 15) is 37.1 Å². The maximum Gasteiger partial charge on any atom is 0.431 e. The minimum absolute atomic E-state index is 0.0371. The van der Waals surface area contributed by atoms with Crippen molar-refractivity contribution in [3.8, 4) is 17.2 Å². The number of amides is 2. The summed E-state index contributed by atoms with van der Waals surface area (Å²) in [5, 5.41) is 0. The number of hydrogen-bond donors (Lipinski definition) is 0. The lowest BCUT2D eigenvalue weighted by Gasteiger charge is -2.26. The van der Waals surface area contributed by atoms with E-state index < -0.39 is 40.0 Å². The van der Waals surface area contributed by atoms with Gasteiger partial charge in [0, 0.05) is 38.9 Å². The summed E-state index contributed by atoms with van der Waals surface area (Å²) in [5.74, 6) is -0.174. The predicted octanol–water partition coefficient (Wildman–Crippen LogP) is 8.61. The van der Waals surface area contributed by atoms with Crippen LogP contribution in [0.25, 0.3) is 5.69 Å². The second-order valence-corrected chi connectivity index (χ2v) is 15.4. The quantitative estimate of drug-likeness (QED) is 0.0391. The average molecular weight is 984 g/mol. The molecule has 0 fully saturated rings. The fourth-order valence-electron chi connectivity index (χ4n) is 6.17. The standard InChI is InChI=1S/C25H25F3N2O6.C14H20ClNO2.C8H11Cl2NO/c1-5-16-6-7-17(20(12-16)36-15(2)23(32)34-4)14-35-19-10-8-18(9-11-19)30-22(31)13-21(25(26,27)28)29(3)24(30)33;1-4-11-7-6-8-12(5-2)14(11)16(10-18-3)13(17)9-15;1-3-5-11(6-4-2)8(12)7(9)10/h6-13,15H,5,14H2,1-4H3;6-8H,4-5,9-10H2,1-3H3;3-4,7H,1-2,5-6H2. The number of aryl methyl sites for hydroxylation is 3. The first-order chi connectivity index (χ1) is 31.3. The smallest absolute Gasteiger partial charge is 0.431 e. The van der Waals surface area contributed by atoms with E-state index in [-0.39, 0.29) is 36.7 Å². The van der Waals surface area contributed by atoms with Crippen molar-refractivity contribution >= 4 is 58.3 Å². The second kappa shape index (κ2) is 27.8. The molecule has 1 heterocycles. The van der Waals surface area contributed by atoms with Gasteiger partial charge < -0.3 is 23.8 Å². The first kappa shape index (κ1) is 56.6. The minimum Gasteiger partial charge on any atom is -0.489 e. The fraction of sp³-hybridized carbons (Fsp3) is 0.383. The molecule has 0 N–H and O–H groups in total. The number of aromatic nitrogens is 2. The van der Waals surface area contributed by atoms with E-state index in [0.29, 0.717) is 45.4 Å². The largest absolute Gasteiger partial charge is 0.489 e. The average Bonchev–Trinajstić information content (AvgIpc) is 3.30. The number of benzene rings is 3. The number of halogens is 6. The molecular weight excluding hydrogens is 928 g/mol. The summed E-state index contributed by atoms with van der Waals surface area (Å²) in [5.41, 5.74) is 1.44. The first-order valence-electron chi connectivity index (χ1n) is 20.5. The molecule has 3 aromatic carbocycles. The van der Waals surface area contributed by atoms with Crippen molar-refractivity contribution < 1.29 is 46.5 Å². The monoisotopic (exact) mass is 982 g/mol. The van der Waals surface area contributed by atoms with Gasteiger partial charge in [-0.3, -0.25) is 23.9 Å². The van der Waals surface area contributed by atoms with E-state index in [1.807, 2.05) is 43.3 Å². The van der Waals surface area contributed by atoms with Crippen molar-refractivity contribution in [2.24, 2.45) is 7.05 Å². The highest BCUT2D eigenvalue weighted by Crippen LogP contribution is 2.29. The molecule has 2 amide bonds. The molecule has 0 spiro atoms. The number of hydrogen-bond acceptors (Lipinski definition) is 9. The Kier molecular flexibility index (Phi) is 23.8. The van der Waals surface area contributed by atoms with Crippen LogP contribution in [0, 0.1) is 0 Å². The van der Waals surface area contributed by atoms with Gasteiger partial charge in [-0.1, -0.05) is 86.5 Å². The fourth-order valence-corrected chi connectivity index (χ4v) is 6.59. The number of para-hydroxylation sites is 1. The summed E-state index contributed by atoms with van der Waals surface area (Å²) < 4.78 is 61.6. The third-order valence-corrected chi connectivity index (χ3v) is 10.2. The number of alkyl halides is 6. The lowest BCUT2D eigenvalue weighted by atomic mass is 10.0. The summed E-state index contributed by atoms with van der Waals surface area (Å²) in [6, 6.07) is 17.8. The normalized spacial score (nSPS) is 11.2. The lowest BCUT2D eigenvalue weighted by molar-refractivity contribution is -0.148. The third kappa shape index (κ3) is 16.1. The zero-order chi connectivity index (χ0) is 49.7. The van der Waals surface area contributed by atoms with Crippen LogP contribution in [0.2, 0.25) is 0 Å². The molecule has 4 aromatic rings. The molecule has 1 atom stereocenters. The Labute approximate surface area is 397 Å². The van der Waals surface area contributed by atoms with Crippen LogP contribution in [0.3, 0.4) is 0 Å². The molecule has 360 valence electrons. The highest BCUT2D eigenvalue weighted by molar-refractivity contribution is 6.53. The van der Waals surface area contributed by atoms with Gasteiger partial charge in [0.15, 0.2) is 10.9 Å². The van der Waals surface area contributed by atoms with E-state index in [1.165, 1.54) is 36.3 Å². The van der Waals surface area contributed by atoms with Gasteiger partial charge >= 0.3 is 17.8 Å². The Morgan fingerprint density at radius 1 is 0.864 bits per heavy atom. The zero-order valence-electron chi connectivity index (χ0n) is 38.0. The maximum absolute atomic E-state index is 13.1. The molecular formula is C47H56Cl3F3N4O9. The topological polar surface area (TPSA) is 139 Å². The van der Waals surface area contributed by atoms with Gasteiger partial charge in [0.2, 0.25) is 5.91 Å². The number of carbonyl (C=O) groups excluding carboxylic acids is 3. The van der Waals surface area contributed by atoms with E-state index in [4.69, 9.17) is 53.8 Å². The molecule has 0 aliphatic heterocycles. The van der Waals surface area contributed by atoms with Gasteiger partial charge in [0.05, 0.1) is 18.5 Å². The Bertz CT molecular complexity index is 2340. The molecule has 19 heteroatoms. The van der Waals surface area contributed by atoms with Crippen LogP contribution in [0.4, 0.5) is 18.9 Å². The van der Waals surface area contributed by atoms with Crippen LogP contribution >= 0.6 is 34.8 Å². The number of nitrogens with zero attached hydrogens (tertiary/aromatic N) is 4. The molecule has 0 aliphatic rings. The summed E-state index contributed by atoms with van der Waals surface area (Å²) in [4.78, 5) is 61.7. The summed E-state index contributed by atoms with van der Waals surface area (Å²) in [6.45, 7) is 15.9.